The van der Waals surface area contributed by atoms with Crippen molar-refractivity contribution in [1.82, 2.24) is 79.7 Å². The number of halogens is 2. The second-order valence-corrected chi connectivity index (χ2v) is 15.0. The van der Waals surface area contributed by atoms with Crippen molar-refractivity contribution in [3.63, 3.8) is 0 Å². The van der Waals surface area contributed by atoms with Gasteiger partial charge in [0.1, 0.15) is 22.1 Å². The van der Waals surface area contributed by atoms with E-state index in [9.17, 15) is 0 Å². The molecule has 0 bridgehead atoms. The standard InChI is InChI=1S/4C5H4N4S.Cd.2ClH/c4*10-5-3-4(7-1-6-3)8-2-9-5;;;/h4*1-2H,(H2,6,7,8,9,10);;2*1H/q;;;;+2;;/p-2. The summed E-state index contributed by atoms with van der Waals surface area (Å²) in [6.07, 6.45) is 12.5. The van der Waals surface area contributed by atoms with E-state index >= 15 is 0 Å². The summed E-state index contributed by atoms with van der Waals surface area (Å²) in [5, 5.41) is 0. The Morgan fingerprint density at radius 1 is 0.372 bits per heavy atom. The Morgan fingerprint density at radius 2 is 0.558 bits per heavy atom. The molecular formula is C20H16CdCl2N16S4. The Labute approximate surface area is 278 Å². The number of aromatic nitrogens is 16. The molecule has 8 N–H and O–H groups in total. The third-order valence-corrected chi connectivity index (χ3v) is 6.18. The molecule has 23 heteroatoms. The molecule has 8 aromatic rings. The van der Waals surface area contributed by atoms with Gasteiger partial charge in [-0.2, -0.15) is 0 Å². The summed E-state index contributed by atoms with van der Waals surface area (Å²) in [6, 6.07) is 0. The molecule has 0 atom stereocenters. The number of fused-ring (bicyclic) bond motifs is 4. The van der Waals surface area contributed by atoms with E-state index in [1.54, 1.807) is 25.3 Å². The van der Waals surface area contributed by atoms with Crippen LogP contribution in [0.2, 0.25) is 0 Å². The van der Waals surface area contributed by atoms with Gasteiger partial charge in [0.25, 0.3) is 0 Å². The van der Waals surface area contributed by atoms with Crippen LogP contribution in [-0.2, 0) is 21.8 Å². The van der Waals surface area contributed by atoms with Crippen molar-refractivity contribution < 1.29 is 21.8 Å². The van der Waals surface area contributed by atoms with Gasteiger partial charge in [-0.3, -0.25) is 0 Å². The Morgan fingerprint density at radius 3 is 0.744 bits per heavy atom. The molecule has 43 heavy (non-hydrogen) atoms. The monoisotopic (exact) mass is 792 g/mol. The first kappa shape index (κ1) is 32.5. The van der Waals surface area contributed by atoms with Crippen LogP contribution in [0, 0.1) is 18.6 Å². The van der Waals surface area contributed by atoms with Crippen LogP contribution in [0.3, 0.4) is 0 Å². The van der Waals surface area contributed by atoms with Crippen molar-refractivity contribution in [2.45, 2.75) is 0 Å². The first-order valence-electron chi connectivity index (χ1n) is 11.5. The molecule has 0 aliphatic heterocycles. The molecule has 0 saturated heterocycles. The van der Waals surface area contributed by atoms with Gasteiger partial charge in [-0.05, 0) is 0 Å². The number of aromatic amines is 8. The van der Waals surface area contributed by atoms with Crippen LogP contribution >= 0.6 is 65.5 Å². The maximum atomic E-state index is 4.97. The zero-order valence-electron chi connectivity index (χ0n) is 21.3. The fourth-order valence-corrected chi connectivity index (χ4v) is 3.97. The summed E-state index contributed by atoms with van der Waals surface area (Å²) in [4.78, 5) is 54.2. The van der Waals surface area contributed by atoms with Gasteiger partial charge in [0, 0.05) is 0 Å². The van der Waals surface area contributed by atoms with E-state index < -0.39 is 21.8 Å². The second-order valence-electron chi connectivity index (χ2n) is 7.44. The number of H-pyrrole nitrogens is 8. The summed E-state index contributed by atoms with van der Waals surface area (Å²) in [5.41, 5.74) is 6.16. The van der Waals surface area contributed by atoms with Gasteiger partial charge < -0.3 is 39.9 Å². The minimum atomic E-state index is -1.07. The quantitative estimate of drug-likeness (QED) is 0.0710. The van der Waals surface area contributed by atoms with Crippen molar-refractivity contribution in [2.24, 2.45) is 0 Å². The third-order valence-electron chi connectivity index (χ3n) is 4.95. The van der Waals surface area contributed by atoms with Crippen LogP contribution in [-0.4, -0.2) is 79.7 Å². The molecule has 216 valence electrons. The molecule has 0 spiro atoms. The number of hydrogen-bond acceptors (Lipinski definition) is 12. The van der Waals surface area contributed by atoms with Crippen LogP contribution < -0.4 is 0 Å². The van der Waals surface area contributed by atoms with Gasteiger partial charge in [-0.1, -0.05) is 48.9 Å². The van der Waals surface area contributed by atoms with Crippen LogP contribution in [0.5, 0.6) is 0 Å². The van der Waals surface area contributed by atoms with Gasteiger partial charge in [-0.25, -0.2) is 39.9 Å². The SMILES string of the molecule is S=c1nc[nH]c2nc[nH]c12.S=c1nc[nH]c2nc[nH]c12.S=c1nc[nH]c2nc[nH]c12.S=c1nc[nH]c2nc[nH]c12.[Cl][Cd][Cl]. The van der Waals surface area contributed by atoms with Crippen LogP contribution in [0.4, 0.5) is 0 Å². The number of imidazole rings is 4. The van der Waals surface area contributed by atoms with Crippen LogP contribution in [0.1, 0.15) is 0 Å². The molecule has 0 aliphatic rings. The van der Waals surface area contributed by atoms with E-state index in [4.69, 9.17) is 65.5 Å². The summed E-state index contributed by atoms with van der Waals surface area (Å²) in [7, 11) is 9.95. The Balaban J connectivity index is 0.000000127. The van der Waals surface area contributed by atoms with E-state index in [-0.39, 0.29) is 0 Å². The molecule has 0 amide bonds. The topological polar surface area (TPSA) is 229 Å². The Hall–Kier alpha value is -3.42. The molecule has 8 rings (SSSR count). The predicted octanol–water partition coefficient (Wildman–Crippen LogP) is 5.44. The van der Waals surface area contributed by atoms with Crippen molar-refractivity contribution >= 4 is 110 Å². The average molecular weight is 792 g/mol. The van der Waals surface area contributed by atoms with Gasteiger partial charge in [0.15, 0.2) is 41.2 Å². The third kappa shape index (κ3) is 8.80. The molecule has 0 aromatic carbocycles. The van der Waals surface area contributed by atoms with E-state index in [1.165, 1.54) is 25.3 Å². The zero-order chi connectivity index (χ0) is 30.6. The normalized spacial score (nSPS) is 9.91. The number of hydrogen-bond donors (Lipinski definition) is 8. The fourth-order valence-electron chi connectivity index (χ4n) is 3.13. The maximum absolute atomic E-state index is 4.97. The second kappa shape index (κ2) is 16.4. The Kier molecular flexibility index (Phi) is 12.4. The summed E-state index contributed by atoms with van der Waals surface area (Å²) >= 11 is 18.6. The molecule has 0 saturated carbocycles. The van der Waals surface area contributed by atoms with Crippen molar-refractivity contribution in [3.05, 3.63) is 69.2 Å². The van der Waals surface area contributed by atoms with Crippen molar-refractivity contribution in [1.29, 1.82) is 0 Å². The summed E-state index contributed by atoms with van der Waals surface area (Å²) < 4.78 is 2.19. The van der Waals surface area contributed by atoms with Gasteiger partial charge >= 0.3 is 38.4 Å². The van der Waals surface area contributed by atoms with Crippen LogP contribution in [0.25, 0.3) is 44.7 Å². The number of nitrogens with one attached hydrogen (secondary N) is 8. The zero-order valence-corrected chi connectivity index (χ0v) is 30.1. The van der Waals surface area contributed by atoms with Gasteiger partial charge in [-0.15, -0.1) is 0 Å². The fraction of sp³-hybridized carbons (Fsp3) is 0. The first-order chi connectivity index (χ1) is 20.9. The van der Waals surface area contributed by atoms with Gasteiger partial charge in [0.2, 0.25) is 0 Å². The first-order valence-corrected chi connectivity index (χ1v) is 23.4. The van der Waals surface area contributed by atoms with E-state index in [1.807, 2.05) is 0 Å². The molecule has 0 unspecified atom stereocenters. The number of nitrogens with zero attached hydrogens (tertiary/aromatic N) is 8. The van der Waals surface area contributed by atoms with E-state index in [0.717, 1.165) is 44.7 Å². The predicted molar refractivity (Wildman–Crippen MR) is 168 cm³/mol. The van der Waals surface area contributed by atoms with Gasteiger partial charge in [0.05, 0.1) is 50.6 Å². The van der Waals surface area contributed by atoms with E-state index in [0.29, 0.717) is 18.6 Å². The molecular weight excluding hydrogens is 776 g/mol. The molecule has 0 radical (unpaired) electrons. The average Bonchev–Trinajstić information content (AvgIpc) is 3.82. The minimum absolute atomic E-state index is 0.547. The summed E-state index contributed by atoms with van der Waals surface area (Å²) in [5.74, 6) is 0. The van der Waals surface area contributed by atoms with Crippen molar-refractivity contribution in [3.8, 4) is 0 Å². The summed E-state index contributed by atoms with van der Waals surface area (Å²) in [6.45, 7) is 0. The number of rotatable bonds is 0. The molecule has 0 fully saturated rings. The van der Waals surface area contributed by atoms with Crippen molar-refractivity contribution in [2.75, 3.05) is 0 Å². The van der Waals surface area contributed by atoms with Crippen LogP contribution in [0.15, 0.2) is 50.6 Å². The molecule has 0 aliphatic carbocycles. The Bertz CT molecular complexity index is 1960. The molecule has 8 aromatic heterocycles. The van der Waals surface area contributed by atoms with E-state index in [2.05, 4.69) is 79.7 Å². The molecule has 16 nitrogen and oxygen atoms in total. The molecule has 8 heterocycles.